The van der Waals surface area contributed by atoms with Crippen molar-refractivity contribution < 1.29 is 9.59 Å². The first-order valence-electron chi connectivity index (χ1n) is 8.52. The van der Waals surface area contributed by atoms with Crippen molar-refractivity contribution in [3.63, 3.8) is 0 Å². The van der Waals surface area contributed by atoms with Gasteiger partial charge in [-0.05, 0) is 30.9 Å². The molecular weight excluding hydrogens is 354 g/mol. The Balaban J connectivity index is 1.55. The second kappa shape index (κ2) is 8.19. The Hall–Kier alpha value is -1.60. The van der Waals surface area contributed by atoms with Crippen LogP contribution in [-0.2, 0) is 16.6 Å². The molecule has 0 aliphatic carbocycles. The van der Waals surface area contributed by atoms with Gasteiger partial charge in [0.1, 0.15) is 0 Å². The smallest absolute Gasteiger partial charge is 0.258 e. The zero-order valence-corrected chi connectivity index (χ0v) is 16.2. The second-order valence-corrected chi connectivity index (χ2v) is 8.49. The summed E-state index contributed by atoms with van der Waals surface area (Å²) in [7, 11) is 1.92. The Morgan fingerprint density at radius 2 is 2.12 bits per heavy atom. The Kier molecular flexibility index (Phi) is 5.96. The van der Waals surface area contributed by atoms with Crippen molar-refractivity contribution in [2.45, 2.75) is 19.8 Å². The molecule has 0 saturated carbocycles. The number of carbonyl (C=O) groups is 2. The van der Waals surface area contributed by atoms with Crippen LogP contribution in [0, 0.1) is 5.92 Å². The third kappa shape index (κ3) is 4.52. The number of nitrogens with zero attached hydrogens (tertiary/aromatic N) is 3. The van der Waals surface area contributed by atoms with Gasteiger partial charge in [0.15, 0.2) is 4.80 Å². The summed E-state index contributed by atoms with van der Waals surface area (Å²) < 4.78 is 3.04. The maximum Gasteiger partial charge on any atom is 0.258 e. The number of likely N-dealkylation sites (tertiary alicyclic amines) is 1. The highest BCUT2D eigenvalue weighted by molar-refractivity contribution is 8.00. The largest absolute Gasteiger partial charge is 0.342 e. The molecule has 2 heterocycles. The van der Waals surface area contributed by atoms with E-state index in [-0.39, 0.29) is 17.6 Å². The molecule has 1 aromatic carbocycles. The fraction of sp³-hybridized carbons (Fsp3) is 0.500. The zero-order chi connectivity index (χ0) is 17.8. The van der Waals surface area contributed by atoms with E-state index in [4.69, 9.17) is 0 Å². The molecule has 2 amide bonds. The van der Waals surface area contributed by atoms with E-state index in [9.17, 15) is 9.59 Å². The number of aryl methyl sites for hydroxylation is 1. The van der Waals surface area contributed by atoms with Gasteiger partial charge in [-0.2, -0.15) is 4.99 Å². The molecule has 1 aliphatic rings. The molecule has 1 atom stereocenters. The highest BCUT2D eigenvalue weighted by atomic mass is 32.2. The van der Waals surface area contributed by atoms with Gasteiger partial charge < -0.3 is 9.47 Å². The number of rotatable bonds is 4. The monoisotopic (exact) mass is 377 g/mol. The topological polar surface area (TPSA) is 54.7 Å². The van der Waals surface area contributed by atoms with Crippen LogP contribution in [0.15, 0.2) is 29.3 Å². The number of fused-ring (bicyclic) bond motifs is 1. The average molecular weight is 378 g/mol. The SMILES string of the molecule is C[C@H]1CCCN(C(=O)CSCC(=O)N=c2sc3ccccc3n2C)C1. The molecule has 1 fully saturated rings. The van der Waals surface area contributed by atoms with E-state index in [2.05, 4.69) is 11.9 Å². The first-order valence-corrected chi connectivity index (χ1v) is 10.5. The fourth-order valence-corrected chi connectivity index (χ4v) is 4.79. The van der Waals surface area contributed by atoms with Crippen molar-refractivity contribution in [2.24, 2.45) is 18.0 Å². The van der Waals surface area contributed by atoms with E-state index in [1.165, 1.54) is 29.5 Å². The second-order valence-electron chi connectivity index (χ2n) is 6.50. The van der Waals surface area contributed by atoms with Gasteiger partial charge in [-0.15, -0.1) is 11.8 Å². The minimum atomic E-state index is -0.188. The number of para-hydroxylation sites is 1. The molecular formula is C18H23N3O2S2. The number of piperidine rings is 1. The molecule has 0 bridgehead atoms. The highest BCUT2D eigenvalue weighted by Gasteiger charge is 2.20. The van der Waals surface area contributed by atoms with Gasteiger partial charge in [-0.25, -0.2) is 0 Å². The first kappa shape index (κ1) is 18.2. The van der Waals surface area contributed by atoms with Gasteiger partial charge in [0, 0.05) is 20.1 Å². The quantitative estimate of drug-likeness (QED) is 0.823. The van der Waals surface area contributed by atoms with E-state index in [1.807, 2.05) is 40.8 Å². The molecule has 1 aromatic heterocycles. The molecule has 5 nitrogen and oxygen atoms in total. The van der Waals surface area contributed by atoms with Crippen LogP contribution in [0.4, 0.5) is 0 Å². The number of thiazole rings is 1. The van der Waals surface area contributed by atoms with Gasteiger partial charge in [0.25, 0.3) is 5.91 Å². The van der Waals surface area contributed by atoms with Gasteiger partial charge in [-0.1, -0.05) is 30.4 Å². The van der Waals surface area contributed by atoms with Gasteiger partial charge >= 0.3 is 0 Å². The molecule has 0 spiro atoms. The van der Waals surface area contributed by atoms with E-state index in [1.54, 1.807) is 0 Å². The minimum Gasteiger partial charge on any atom is -0.342 e. The van der Waals surface area contributed by atoms with Crippen LogP contribution >= 0.6 is 23.1 Å². The summed E-state index contributed by atoms with van der Waals surface area (Å²) in [5.74, 6) is 1.12. The maximum atomic E-state index is 12.2. The predicted octanol–water partition coefficient (Wildman–Crippen LogP) is 2.66. The standard InChI is InChI=1S/C18H23N3O2S2/c1-13-6-5-9-21(10-13)17(23)12-24-11-16(22)19-18-20(2)14-7-3-4-8-15(14)25-18/h3-4,7-8,13H,5-6,9-12H2,1-2H3/t13-/m0/s1. The maximum absolute atomic E-state index is 12.2. The lowest BCUT2D eigenvalue weighted by atomic mass is 10.0. The van der Waals surface area contributed by atoms with E-state index in [0.29, 0.717) is 16.5 Å². The number of aromatic nitrogens is 1. The fourth-order valence-electron chi connectivity index (χ4n) is 3.06. The van der Waals surface area contributed by atoms with Crippen LogP contribution in [0.2, 0.25) is 0 Å². The van der Waals surface area contributed by atoms with Crippen LogP contribution in [-0.4, -0.2) is 45.9 Å². The first-order chi connectivity index (χ1) is 12.0. The van der Waals surface area contributed by atoms with Gasteiger partial charge in [-0.3, -0.25) is 9.59 Å². The molecule has 1 saturated heterocycles. The molecule has 1 aliphatic heterocycles. The lowest BCUT2D eigenvalue weighted by Gasteiger charge is -2.30. The van der Waals surface area contributed by atoms with Crippen molar-refractivity contribution in [1.29, 1.82) is 0 Å². The van der Waals surface area contributed by atoms with Gasteiger partial charge in [0.05, 0.1) is 21.7 Å². The molecule has 0 radical (unpaired) electrons. The Morgan fingerprint density at radius 3 is 2.88 bits per heavy atom. The molecule has 2 aromatic rings. The molecule has 25 heavy (non-hydrogen) atoms. The van der Waals surface area contributed by atoms with Crippen LogP contribution in [0.1, 0.15) is 19.8 Å². The lowest BCUT2D eigenvalue weighted by Crippen LogP contribution is -2.40. The number of hydrogen-bond donors (Lipinski definition) is 0. The third-order valence-electron chi connectivity index (χ3n) is 4.40. The van der Waals surface area contributed by atoms with Crippen LogP contribution < -0.4 is 4.80 Å². The summed E-state index contributed by atoms with van der Waals surface area (Å²) >= 11 is 2.86. The molecule has 7 heteroatoms. The number of carbonyl (C=O) groups excluding carboxylic acids is 2. The van der Waals surface area contributed by atoms with Gasteiger partial charge in [0.2, 0.25) is 5.91 Å². The predicted molar refractivity (Wildman–Crippen MR) is 104 cm³/mol. The van der Waals surface area contributed by atoms with Crippen LogP contribution in [0.5, 0.6) is 0 Å². The number of amides is 2. The Bertz CT molecular complexity index is 840. The summed E-state index contributed by atoms with van der Waals surface area (Å²) in [5, 5.41) is 0. The summed E-state index contributed by atoms with van der Waals surface area (Å²) in [5.41, 5.74) is 1.07. The van der Waals surface area contributed by atoms with Crippen molar-refractivity contribution in [3.8, 4) is 0 Å². The zero-order valence-electron chi connectivity index (χ0n) is 14.6. The minimum absolute atomic E-state index is 0.136. The normalized spacial score (nSPS) is 18.7. The van der Waals surface area contributed by atoms with Crippen molar-refractivity contribution in [2.75, 3.05) is 24.6 Å². The van der Waals surface area contributed by atoms with E-state index < -0.39 is 0 Å². The van der Waals surface area contributed by atoms with Crippen molar-refractivity contribution >= 4 is 45.1 Å². The number of thioether (sulfide) groups is 1. The summed E-state index contributed by atoms with van der Waals surface area (Å²) in [4.78, 5) is 31.2. The lowest BCUT2D eigenvalue weighted by molar-refractivity contribution is -0.130. The summed E-state index contributed by atoms with van der Waals surface area (Å²) in [6.45, 7) is 3.87. The van der Waals surface area contributed by atoms with Crippen LogP contribution in [0.3, 0.4) is 0 Å². The Morgan fingerprint density at radius 1 is 1.32 bits per heavy atom. The molecule has 0 unspecified atom stereocenters. The highest BCUT2D eigenvalue weighted by Crippen LogP contribution is 2.17. The van der Waals surface area contributed by atoms with Crippen LogP contribution in [0.25, 0.3) is 10.2 Å². The van der Waals surface area contributed by atoms with E-state index >= 15 is 0 Å². The van der Waals surface area contributed by atoms with Crippen molar-refractivity contribution in [3.05, 3.63) is 29.1 Å². The molecule has 0 N–H and O–H groups in total. The van der Waals surface area contributed by atoms with E-state index in [0.717, 1.165) is 29.7 Å². The number of hydrogen-bond acceptors (Lipinski definition) is 4. The third-order valence-corrected chi connectivity index (χ3v) is 6.41. The number of benzene rings is 1. The average Bonchev–Trinajstić information content (AvgIpc) is 2.91. The summed E-state index contributed by atoms with van der Waals surface area (Å²) in [6, 6.07) is 8.00. The molecule has 134 valence electrons. The summed E-state index contributed by atoms with van der Waals surface area (Å²) in [6.07, 6.45) is 2.27. The Labute approximate surface area is 155 Å². The molecule has 3 rings (SSSR count). The van der Waals surface area contributed by atoms with Crippen molar-refractivity contribution in [1.82, 2.24) is 9.47 Å².